The van der Waals surface area contributed by atoms with Gasteiger partial charge in [-0.15, -0.1) is 0 Å². The first-order chi connectivity index (χ1) is 9.46. The van der Waals surface area contributed by atoms with Crippen LogP contribution in [0, 0.1) is 0 Å². The van der Waals surface area contributed by atoms with Gasteiger partial charge >= 0.3 is 0 Å². The molecule has 1 unspecified atom stereocenters. The molecule has 0 fully saturated rings. The fraction of sp³-hybridized carbons (Fsp3) is 0.294. The molecule has 3 heteroatoms. The van der Waals surface area contributed by atoms with E-state index in [0.717, 1.165) is 21.3 Å². The smallest absolute Gasteiger partial charge is 0.133 e. The summed E-state index contributed by atoms with van der Waals surface area (Å²) in [6, 6.07) is 15.7. The van der Waals surface area contributed by atoms with Crippen molar-refractivity contribution in [3.8, 4) is 5.75 Å². The highest BCUT2D eigenvalue weighted by atomic mass is 79.9. The van der Waals surface area contributed by atoms with E-state index in [9.17, 15) is 5.11 Å². The molecule has 1 atom stereocenters. The molecule has 0 aliphatic heterocycles. The SMILES string of the molecule is COc1ccc(C(O)C(C)(C)c2ccccc2)cc1Br. The van der Waals surface area contributed by atoms with Crippen molar-refractivity contribution in [1.82, 2.24) is 0 Å². The quantitative estimate of drug-likeness (QED) is 0.893. The van der Waals surface area contributed by atoms with Crippen LogP contribution >= 0.6 is 15.9 Å². The van der Waals surface area contributed by atoms with E-state index >= 15 is 0 Å². The van der Waals surface area contributed by atoms with Gasteiger partial charge in [0.2, 0.25) is 0 Å². The summed E-state index contributed by atoms with van der Waals surface area (Å²) in [4.78, 5) is 0. The number of benzene rings is 2. The number of aliphatic hydroxyl groups is 1. The summed E-state index contributed by atoms with van der Waals surface area (Å²) in [7, 11) is 1.63. The molecule has 0 bridgehead atoms. The van der Waals surface area contributed by atoms with Crippen LogP contribution in [-0.4, -0.2) is 12.2 Å². The van der Waals surface area contributed by atoms with E-state index in [4.69, 9.17) is 4.74 Å². The van der Waals surface area contributed by atoms with Gasteiger partial charge in [0.15, 0.2) is 0 Å². The number of halogens is 1. The molecule has 0 amide bonds. The Kier molecular flexibility index (Phi) is 4.51. The Bertz CT molecular complexity index is 579. The Labute approximate surface area is 128 Å². The standard InChI is InChI=1S/C17H19BrO2/c1-17(2,13-7-5-4-6-8-13)16(19)12-9-10-15(20-3)14(18)11-12/h4-11,16,19H,1-3H3. The zero-order valence-electron chi connectivity index (χ0n) is 11.9. The largest absolute Gasteiger partial charge is 0.496 e. The lowest BCUT2D eigenvalue weighted by atomic mass is 9.77. The van der Waals surface area contributed by atoms with Crippen molar-refractivity contribution in [3.05, 3.63) is 64.1 Å². The first kappa shape index (κ1) is 15.1. The summed E-state index contributed by atoms with van der Waals surface area (Å²) in [5.41, 5.74) is 1.61. The molecule has 0 spiro atoms. The Morgan fingerprint density at radius 2 is 1.75 bits per heavy atom. The summed E-state index contributed by atoms with van der Waals surface area (Å²) in [5.74, 6) is 0.762. The molecule has 1 N–H and O–H groups in total. The fourth-order valence-corrected chi connectivity index (χ4v) is 2.85. The van der Waals surface area contributed by atoms with Crippen molar-refractivity contribution in [2.24, 2.45) is 0 Å². The Morgan fingerprint density at radius 3 is 2.30 bits per heavy atom. The molecule has 0 aromatic heterocycles. The van der Waals surface area contributed by atoms with Crippen molar-refractivity contribution >= 4 is 15.9 Å². The second-order valence-electron chi connectivity index (χ2n) is 5.38. The number of methoxy groups -OCH3 is 1. The normalized spacial score (nSPS) is 13.1. The molecule has 2 nitrogen and oxygen atoms in total. The van der Waals surface area contributed by atoms with Gasteiger partial charge < -0.3 is 9.84 Å². The first-order valence-corrected chi connectivity index (χ1v) is 7.33. The van der Waals surface area contributed by atoms with E-state index in [-0.39, 0.29) is 5.41 Å². The molecule has 106 valence electrons. The van der Waals surface area contributed by atoms with E-state index < -0.39 is 6.10 Å². The maximum Gasteiger partial charge on any atom is 0.133 e. The molecule has 0 saturated carbocycles. The lowest BCUT2D eigenvalue weighted by molar-refractivity contribution is 0.100. The zero-order valence-corrected chi connectivity index (χ0v) is 13.5. The third-order valence-corrected chi connectivity index (χ3v) is 4.31. The molecule has 2 rings (SSSR count). The molecule has 20 heavy (non-hydrogen) atoms. The van der Waals surface area contributed by atoms with Crippen molar-refractivity contribution in [2.75, 3.05) is 7.11 Å². The van der Waals surface area contributed by atoms with E-state index in [1.165, 1.54) is 0 Å². The van der Waals surface area contributed by atoms with Crippen LogP contribution in [0.1, 0.15) is 31.1 Å². The maximum absolute atomic E-state index is 10.7. The van der Waals surface area contributed by atoms with Crippen LogP contribution in [0.4, 0.5) is 0 Å². The number of rotatable bonds is 4. The van der Waals surface area contributed by atoms with Crippen molar-refractivity contribution in [3.63, 3.8) is 0 Å². The van der Waals surface area contributed by atoms with E-state index in [1.807, 2.05) is 62.4 Å². The van der Waals surface area contributed by atoms with Crippen molar-refractivity contribution in [1.29, 1.82) is 0 Å². The minimum Gasteiger partial charge on any atom is -0.496 e. The number of hydrogen-bond donors (Lipinski definition) is 1. The molecule has 0 heterocycles. The Balaban J connectivity index is 2.35. The summed E-state index contributed by atoms with van der Waals surface area (Å²) >= 11 is 3.46. The molecule has 2 aromatic rings. The van der Waals surface area contributed by atoms with Gasteiger partial charge in [-0.1, -0.05) is 50.2 Å². The highest BCUT2D eigenvalue weighted by Crippen LogP contribution is 2.38. The fourth-order valence-electron chi connectivity index (χ4n) is 2.29. The first-order valence-electron chi connectivity index (χ1n) is 6.54. The molecule has 0 aliphatic rings. The third-order valence-electron chi connectivity index (χ3n) is 3.69. The minimum atomic E-state index is -0.591. The van der Waals surface area contributed by atoms with Gasteiger partial charge in [-0.2, -0.15) is 0 Å². The van der Waals surface area contributed by atoms with Crippen LogP contribution in [0.3, 0.4) is 0 Å². The topological polar surface area (TPSA) is 29.5 Å². The third kappa shape index (κ3) is 2.89. The second-order valence-corrected chi connectivity index (χ2v) is 6.24. The maximum atomic E-state index is 10.7. The minimum absolute atomic E-state index is 0.366. The number of aliphatic hydroxyl groups excluding tert-OH is 1. The second kappa shape index (κ2) is 5.98. The van der Waals surface area contributed by atoms with Crippen LogP contribution in [0.5, 0.6) is 5.75 Å². The van der Waals surface area contributed by atoms with Crippen LogP contribution in [0.2, 0.25) is 0 Å². The van der Waals surface area contributed by atoms with Crippen LogP contribution in [-0.2, 0) is 5.41 Å². The Hall–Kier alpha value is -1.32. The molecular weight excluding hydrogens is 316 g/mol. The summed E-state index contributed by atoms with van der Waals surface area (Å²) < 4.78 is 6.07. The molecule has 0 aliphatic carbocycles. The van der Waals surface area contributed by atoms with Gasteiger partial charge in [-0.25, -0.2) is 0 Å². The lowest BCUT2D eigenvalue weighted by Crippen LogP contribution is -2.26. The van der Waals surface area contributed by atoms with Crippen LogP contribution in [0.15, 0.2) is 53.0 Å². The summed E-state index contributed by atoms with van der Waals surface area (Å²) in [5, 5.41) is 10.7. The molecular formula is C17H19BrO2. The monoisotopic (exact) mass is 334 g/mol. The highest BCUT2D eigenvalue weighted by Gasteiger charge is 2.31. The van der Waals surface area contributed by atoms with E-state index in [2.05, 4.69) is 15.9 Å². The highest BCUT2D eigenvalue weighted by molar-refractivity contribution is 9.10. The number of hydrogen-bond acceptors (Lipinski definition) is 2. The molecule has 0 saturated heterocycles. The van der Waals surface area contributed by atoms with Gasteiger partial charge in [0.05, 0.1) is 17.7 Å². The van der Waals surface area contributed by atoms with Gasteiger partial charge in [0, 0.05) is 5.41 Å². The predicted molar refractivity (Wildman–Crippen MR) is 85.1 cm³/mol. The number of ether oxygens (including phenoxy) is 1. The lowest BCUT2D eigenvalue weighted by Gasteiger charge is -2.31. The average molecular weight is 335 g/mol. The summed E-state index contributed by atoms with van der Waals surface area (Å²) in [6.45, 7) is 4.09. The van der Waals surface area contributed by atoms with E-state index in [1.54, 1.807) is 7.11 Å². The predicted octanol–water partition coefficient (Wildman–Crippen LogP) is 4.47. The average Bonchev–Trinajstić information content (AvgIpc) is 2.47. The van der Waals surface area contributed by atoms with Gasteiger partial charge in [-0.3, -0.25) is 0 Å². The van der Waals surface area contributed by atoms with Crippen LogP contribution < -0.4 is 4.74 Å². The van der Waals surface area contributed by atoms with E-state index in [0.29, 0.717) is 0 Å². The van der Waals surface area contributed by atoms with Crippen molar-refractivity contribution in [2.45, 2.75) is 25.4 Å². The van der Waals surface area contributed by atoms with Gasteiger partial charge in [-0.05, 0) is 39.2 Å². The van der Waals surface area contributed by atoms with Crippen LogP contribution in [0.25, 0.3) is 0 Å². The van der Waals surface area contributed by atoms with Gasteiger partial charge in [0.25, 0.3) is 0 Å². The van der Waals surface area contributed by atoms with Gasteiger partial charge in [0.1, 0.15) is 5.75 Å². The molecule has 0 radical (unpaired) electrons. The molecule has 2 aromatic carbocycles. The Morgan fingerprint density at radius 1 is 1.10 bits per heavy atom. The summed E-state index contributed by atoms with van der Waals surface area (Å²) in [6.07, 6.45) is -0.591. The van der Waals surface area contributed by atoms with Crippen molar-refractivity contribution < 1.29 is 9.84 Å². The zero-order chi connectivity index (χ0) is 14.8.